The molecule has 3 heteroatoms. The molecule has 1 aliphatic rings. The van der Waals surface area contributed by atoms with Gasteiger partial charge in [-0.1, -0.05) is 51.9 Å². The van der Waals surface area contributed by atoms with Crippen LogP contribution in [0.5, 0.6) is 0 Å². The lowest BCUT2D eigenvalue weighted by Crippen LogP contribution is -2.34. The van der Waals surface area contributed by atoms with E-state index in [1.165, 1.54) is 51.4 Å². The van der Waals surface area contributed by atoms with Gasteiger partial charge < -0.3 is 9.64 Å². The Hall–Kier alpha value is -0.410. The van der Waals surface area contributed by atoms with Gasteiger partial charge in [-0.3, -0.25) is 4.79 Å². The van der Waals surface area contributed by atoms with Crippen molar-refractivity contribution in [3.63, 3.8) is 0 Å². The number of ether oxygens (including phenoxy) is 1. The van der Waals surface area contributed by atoms with Crippen LogP contribution in [-0.4, -0.2) is 43.5 Å². The number of unbranched alkanes of at least 4 members (excludes halogenated alkanes) is 7. The van der Waals surface area contributed by atoms with Crippen LogP contribution in [-0.2, 0) is 9.53 Å². The van der Waals surface area contributed by atoms with E-state index in [1.54, 1.807) is 0 Å². The average molecular weight is 297 g/mol. The van der Waals surface area contributed by atoms with Gasteiger partial charge in [0.25, 0.3) is 0 Å². The van der Waals surface area contributed by atoms with Gasteiger partial charge in [0.05, 0.1) is 0 Å². The number of ketones is 1. The van der Waals surface area contributed by atoms with Gasteiger partial charge in [-0.2, -0.15) is 0 Å². The lowest BCUT2D eigenvalue weighted by Gasteiger charge is -2.25. The molecule has 0 bridgehead atoms. The van der Waals surface area contributed by atoms with Crippen LogP contribution in [0.4, 0.5) is 0 Å². The van der Waals surface area contributed by atoms with Crippen LogP contribution < -0.4 is 0 Å². The topological polar surface area (TPSA) is 29.5 Å². The minimum atomic E-state index is 0.428. The molecule has 0 amide bonds. The molecule has 0 aromatic rings. The summed E-state index contributed by atoms with van der Waals surface area (Å²) in [7, 11) is 0. The monoisotopic (exact) mass is 297 g/mol. The Morgan fingerprint density at radius 1 is 0.857 bits per heavy atom. The Balaban J connectivity index is 1.74. The lowest BCUT2D eigenvalue weighted by molar-refractivity contribution is -0.121. The number of hydrogen-bond acceptors (Lipinski definition) is 3. The molecule has 0 radical (unpaired) electrons. The maximum Gasteiger partial charge on any atom is 0.135 e. The maximum atomic E-state index is 11.1. The van der Waals surface area contributed by atoms with Crippen molar-refractivity contribution in [1.82, 2.24) is 4.90 Å². The highest BCUT2D eigenvalue weighted by molar-refractivity contribution is 5.79. The number of rotatable bonds is 13. The SMILES string of the molecule is CCCCCCCCCCOCCCN1CCC(=O)CC1. The fraction of sp³-hybridized carbons (Fsp3) is 0.944. The van der Waals surface area contributed by atoms with Gasteiger partial charge in [-0.25, -0.2) is 0 Å². The highest BCUT2D eigenvalue weighted by atomic mass is 16.5. The summed E-state index contributed by atoms with van der Waals surface area (Å²) < 4.78 is 5.70. The van der Waals surface area contributed by atoms with Crippen molar-refractivity contribution in [2.45, 2.75) is 77.6 Å². The molecule has 0 aromatic heterocycles. The van der Waals surface area contributed by atoms with Gasteiger partial charge >= 0.3 is 0 Å². The van der Waals surface area contributed by atoms with Crippen molar-refractivity contribution in [3.05, 3.63) is 0 Å². The summed E-state index contributed by atoms with van der Waals surface area (Å²) in [6.07, 6.45) is 13.5. The zero-order valence-electron chi connectivity index (χ0n) is 14.1. The summed E-state index contributed by atoms with van der Waals surface area (Å²) in [5, 5.41) is 0. The fourth-order valence-electron chi connectivity index (χ4n) is 2.86. The Kier molecular flexibility index (Phi) is 11.8. The van der Waals surface area contributed by atoms with E-state index in [0.717, 1.165) is 52.1 Å². The Morgan fingerprint density at radius 2 is 1.43 bits per heavy atom. The van der Waals surface area contributed by atoms with Gasteiger partial charge in [0, 0.05) is 45.7 Å². The number of hydrogen-bond donors (Lipinski definition) is 0. The molecular formula is C18H35NO2. The molecule has 0 N–H and O–H groups in total. The first-order valence-electron chi connectivity index (χ1n) is 9.14. The smallest absolute Gasteiger partial charge is 0.135 e. The van der Waals surface area contributed by atoms with Gasteiger partial charge in [0.15, 0.2) is 0 Å². The molecule has 0 aromatic carbocycles. The van der Waals surface area contributed by atoms with Crippen molar-refractivity contribution < 1.29 is 9.53 Å². The average Bonchev–Trinajstić information content (AvgIpc) is 2.50. The molecule has 1 rings (SSSR count). The molecule has 0 aliphatic carbocycles. The minimum absolute atomic E-state index is 0.428. The summed E-state index contributed by atoms with van der Waals surface area (Å²) in [6.45, 7) is 7.06. The highest BCUT2D eigenvalue weighted by Crippen LogP contribution is 2.09. The zero-order chi connectivity index (χ0) is 15.2. The van der Waals surface area contributed by atoms with Crippen LogP contribution in [0, 0.1) is 0 Å². The number of carbonyl (C=O) groups is 1. The zero-order valence-corrected chi connectivity index (χ0v) is 14.1. The number of Topliss-reactive ketones (excluding diaryl/α,β-unsaturated/α-hetero) is 1. The van der Waals surface area contributed by atoms with E-state index in [4.69, 9.17) is 4.74 Å². The molecule has 1 heterocycles. The second-order valence-corrected chi connectivity index (χ2v) is 6.32. The molecule has 1 aliphatic heterocycles. The maximum absolute atomic E-state index is 11.1. The summed E-state index contributed by atoms with van der Waals surface area (Å²) in [5.41, 5.74) is 0. The first-order chi connectivity index (χ1) is 10.3. The van der Waals surface area contributed by atoms with E-state index in [9.17, 15) is 4.79 Å². The predicted octanol–water partition coefficient (Wildman–Crippen LogP) is 4.20. The Bertz CT molecular complexity index is 246. The molecule has 1 saturated heterocycles. The van der Waals surface area contributed by atoms with Crippen molar-refractivity contribution >= 4 is 5.78 Å². The molecule has 3 nitrogen and oxygen atoms in total. The van der Waals surface area contributed by atoms with E-state index < -0.39 is 0 Å². The molecule has 0 atom stereocenters. The van der Waals surface area contributed by atoms with Crippen LogP contribution in [0.1, 0.15) is 77.6 Å². The van der Waals surface area contributed by atoms with Crippen LogP contribution >= 0.6 is 0 Å². The summed E-state index contributed by atoms with van der Waals surface area (Å²) in [5.74, 6) is 0.428. The van der Waals surface area contributed by atoms with Crippen LogP contribution in [0.25, 0.3) is 0 Å². The van der Waals surface area contributed by atoms with Crippen LogP contribution in [0.3, 0.4) is 0 Å². The molecule has 124 valence electrons. The lowest BCUT2D eigenvalue weighted by atomic mass is 10.1. The molecule has 0 unspecified atom stereocenters. The van der Waals surface area contributed by atoms with E-state index in [1.807, 2.05) is 0 Å². The third-order valence-electron chi connectivity index (χ3n) is 4.32. The van der Waals surface area contributed by atoms with E-state index in [0.29, 0.717) is 5.78 Å². The minimum Gasteiger partial charge on any atom is -0.381 e. The summed E-state index contributed by atoms with van der Waals surface area (Å²) >= 11 is 0. The van der Waals surface area contributed by atoms with E-state index >= 15 is 0 Å². The second-order valence-electron chi connectivity index (χ2n) is 6.32. The molecule has 21 heavy (non-hydrogen) atoms. The summed E-state index contributed by atoms with van der Waals surface area (Å²) in [4.78, 5) is 13.5. The fourth-order valence-corrected chi connectivity index (χ4v) is 2.86. The first kappa shape index (κ1) is 18.6. The van der Waals surface area contributed by atoms with Crippen LogP contribution in [0.2, 0.25) is 0 Å². The Labute approximate surface area is 131 Å². The normalized spacial score (nSPS) is 16.5. The highest BCUT2D eigenvalue weighted by Gasteiger charge is 2.14. The van der Waals surface area contributed by atoms with E-state index in [2.05, 4.69) is 11.8 Å². The van der Waals surface area contributed by atoms with Crippen molar-refractivity contribution in [2.24, 2.45) is 0 Å². The van der Waals surface area contributed by atoms with Gasteiger partial charge in [0.1, 0.15) is 5.78 Å². The first-order valence-corrected chi connectivity index (χ1v) is 9.14. The number of piperidine rings is 1. The third kappa shape index (κ3) is 10.9. The molecule has 0 spiro atoms. The van der Waals surface area contributed by atoms with Crippen molar-refractivity contribution in [2.75, 3.05) is 32.8 Å². The molecular weight excluding hydrogens is 262 g/mol. The standard InChI is InChI=1S/C18H35NO2/c1-2-3-4-5-6-7-8-9-16-21-17-10-13-19-14-11-18(20)12-15-19/h2-17H2,1H3. The number of likely N-dealkylation sites (tertiary alicyclic amines) is 1. The van der Waals surface area contributed by atoms with Crippen molar-refractivity contribution in [1.29, 1.82) is 0 Å². The van der Waals surface area contributed by atoms with Gasteiger partial charge in [-0.15, -0.1) is 0 Å². The third-order valence-corrected chi connectivity index (χ3v) is 4.32. The largest absolute Gasteiger partial charge is 0.381 e. The van der Waals surface area contributed by atoms with Crippen molar-refractivity contribution in [3.8, 4) is 0 Å². The summed E-state index contributed by atoms with van der Waals surface area (Å²) in [6, 6.07) is 0. The number of nitrogens with zero attached hydrogens (tertiary/aromatic N) is 1. The Morgan fingerprint density at radius 3 is 2.10 bits per heavy atom. The predicted molar refractivity (Wildman–Crippen MR) is 88.7 cm³/mol. The molecule has 0 saturated carbocycles. The van der Waals surface area contributed by atoms with Crippen LogP contribution in [0.15, 0.2) is 0 Å². The number of carbonyl (C=O) groups excluding carboxylic acids is 1. The van der Waals surface area contributed by atoms with Gasteiger partial charge in [-0.05, 0) is 12.8 Å². The molecule has 1 fully saturated rings. The second kappa shape index (κ2) is 13.3. The van der Waals surface area contributed by atoms with Gasteiger partial charge in [0.2, 0.25) is 0 Å². The van der Waals surface area contributed by atoms with E-state index in [-0.39, 0.29) is 0 Å². The quantitative estimate of drug-likeness (QED) is 0.477.